The zero-order chi connectivity index (χ0) is 22.6. The zero-order valence-corrected chi connectivity index (χ0v) is 18.3. The first-order valence-corrected chi connectivity index (χ1v) is 11.0. The van der Waals surface area contributed by atoms with Gasteiger partial charge in [0.05, 0.1) is 17.0 Å². The van der Waals surface area contributed by atoms with Crippen LogP contribution in [0.5, 0.6) is 0 Å². The fourth-order valence-corrected chi connectivity index (χ4v) is 3.92. The quantitative estimate of drug-likeness (QED) is 0.331. The molecule has 2 aromatic carbocycles. The third-order valence-electron chi connectivity index (χ3n) is 5.75. The predicted molar refractivity (Wildman–Crippen MR) is 129 cm³/mol. The monoisotopic (exact) mass is 436 g/mol. The lowest BCUT2D eigenvalue weighted by Gasteiger charge is -2.11. The number of rotatable bonds is 6. The van der Waals surface area contributed by atoms with E-state index in [2.05, 4.69) is 20.4 Å². The molecule has 0 radical (unpaired) electrons. The number of carbonyl (C=O) groups is 1. The Morgan fingerprint density at radius 1 is 1.03 bits per heavy atom. The van der Waals surface area contributed by atoms with Gasteiger partial charge in [-0.15, -0.1) is 0 Å². The fraction of sp³-hybridized carbons (Fsp3) is 0.148. The molecule has 0 aliphatic carbocycles. The highest BCUT2D eigenvalue weighted by Gasteiger charge is 2.20. The summed E-state index contributed by atoms with van der Waals surface area (Å²) in [4.78, 5) is 25.5. The number of aromatic amines is 1. The van der Waals surface area contributed by atoms with Crippen molar-refractivity contribution in [2.24, 2.45) is 5.16 Å². The van der Waals surface area contributed by atoms with Gasteiger partial charge < -0.3 is 15.1 Å². The number of nitrogens with one attached hydrogen (secondary N) is 2. The van der Waals surface area contributed by atoms with Gasteiger partial charge in [-0.25, -0.2) is 0 Å². The fourth-order valence-electron chi connectivity index (χ4n) is 3.92. The molecule has 6 heteroatoms. The molecule has 5 rings (SSSR count). The Kier molecular flexibility index (Phi) is 5.72. The molecule has 0 saturated carbocycles. The van der Waals surface area contributed by atoms with Gasteiger partial charge in [0.2, 0.25) is 0 Å². The Morgan fingerprint density at radius 3 is 2.64 bits per heavy atom. The van der Waals surface area contributed by atoms with Crippen LogP contribution in [0, 0.1) is 0 Å². The summed E-state index contributed by atoms with van der Waals surface area (Å²) in [5, 5.41) is 7.13. The maximum absolute atomic E-state index is 12.1. The molecule has 3 heterocycles. The number of nitrogens with zero attached hydrogens (tertiary/aromatic N) is 2. The van der Waals surface area contributed by atoms with Crippen molar-refractivity contribution in [2.75, 3.05) is 6.54 Å². The molecule has 2 N–H and O–H groups in total. The molecule has 1 amide bonds. The molecule has 4 aromatic rings. The number of oxime groups is 1. The standard InChI is InChI=1S/C27H24N4O2/c1-18(31-33-17-19-5-3-2-4-6-19)20-7-9-21(10-8-20)25-15-22(11-13-28-25)26-16-23-24(30-26)12-14-29-27(23)32/h2-11,13,15-16,30H,12,14,17H2,1H3,(H,29,32)/b31-18+. The van der Waals surface area contributed by atoms with Gasteiger partial charge in [-0.3, -0.25) is 9.78 Å². The highest BCUT2D eigenvalue weighted by atomic mass is 16.6. The summed E-state index contributed by atoms with van der Waals surface area (Å²) in [6, 6.07) is 24.0. The molecule has 0 unspecified atom stereocenters. The van der Waals surface area contributed by atoms with Crippen molar-refractivity contribution < 1.29 is 9.63 Å². The average Bonchev–Trinajstić information content (AvgIpc) is 3.31. The zero-order valence-electron chi connectivity index (χ0n) is 18.3. The first kappa shape index (κ1) is 20.7. The number of carbonyl (C=O) groups excluding carboxylic acids is 1. The molecule has 2 aromatic heterocycles. The Bertz CT molecular complexity index is 1310. The first-order chi connectivity index (χ1) is 16.2. The first-order valence-electron chi connectivity index (χ1n) is 11.0. The molecule has 1 aliphatic rings. The van der Waals surface area contributed by atoms with Crippen LogP contribution in [0.25, 0.3) is 22.5 Å². The predicted octanol–water partition coefficient (Wildman–Crippen LogP) is 4.97. The number of fused-ring (bicyclic) bond motifs is 1. The van der Waals surface area contributed by atoms with Gasteiger partial charge >= 0.3 is 0 Å². The van der Waals surface area contributed by atoms with E-state index < -0.39 is 0 Å². The second-order valence-corrected chi connectivity index (χ2v) is 8.02. The van der Waals surface area contributed by atoms with Crippen LogP contribution in [0.15, 0.2) is 84.1 Å². The summed E-state index contributed by atoms with van der Waals surface area (Å²) < 4.78 is 0. The van der Waals surface area contributed by atoms with Crippen LogP contribution in [-0.4, -0.2) is 28.1 Å². The topological polar surface area (TPSA) is 79.4 Å². The minimum absolute atomic E-state index is 0.0200. The van der Waals surface area contributed by atoms with Gasteiger partial charge in [0.1, 0.15) is 6.61 Å². The van der Waals surface area contributed by atoms with Gasteiger partial charge in [0.25, 0.3) is 5.91 Å². The van der Waals surface area contributed by atoms with E-state index in [9.17, 15) is 4.79 Å². The minimum atomic E-state index is -0.0200. The van der Waals surface area contributed by atoms with Crippen molar-refractivity contribution >= 4 is 11.6 Å². The number of hydrogen-bond donors (Lipinski definition) is 2. The summed E-state index contributed by atoms with van der Waals surface area (Å²) in [5.74, 6) is -0.0200. The van der Waals surface area contributed by atoms with Crippen LogP contribution >= 0.6 is 0 Å². The van der Waals surface area contributed by atoms with E-state index in [4.69, 9.17) is 4.84 Å². The number of pyridine rings is 1. The van der Waals surface area contributed by atoms with Crippen LogP contribution in [0.2, 0.25) is 0 Å². The number of hydrogen-bond acceptors (Lipinski definition) is 4. The SMILES string of the molecule is C/C(=N\OCc1ccccc1)c1ccc(-c2cc(-c3cc4c([nH]3)CCNC4=O)ccn2)cc1. The Morgan fingerprint density at radius 2 is 1.85 bits per heavy atom. The van der Waals surface area contributed by atoms with Crippen molar-refractivity contribution in [2.45, 2.75) is 20.0 Å². The highest BCUT2D eigenvalue weighted by Crippen LogP contribution is 2.27. The highest BCUT2D eigenvalue weighted by molar-refractivity contribution is 5.99. The van der Waals surface area contributed by atoms with Crippen molar-refractivity contribution in [3.05, 3.63) is 101 Å². The smallest absolute Gasteiger partial charge is 0.253 e. The van der Waals surface area contributed by atoms with Gasteiger partial charge in [0.15, 0.2) is 0 Å². The van der Waals surface area contributed by atoms with E-state index in [0.29, 0.717) is 13.2 Å². The van der Waals surface area contributed by atoms with Gasteiger partial charge in [-0.1, -0.05) is 59.8 Å². The van der Waals surface area contributed by atoms with E-state index in [1.807, 2.05) is 79.7 Å². The Labute approximate surface area is 192 Å². The summed E-state index contributed by atoms with van der Waals surface area (Å²) in [7, 11) is 0. The lowest BCUT2D eigenvalue weighted by molar-refractivity contribution is 0.0946. The van der Waals surface area contributed by atoms with Crippen LogP contribution in [0.3, 0.4) is 0 Å². The molecular formula is C27H24N4O2. The third-order valence-corrected chi connectivity index (χ3v) is 5.75. The summed E-state index contributed by atoms with van der Waals surface area (Å²) in [6.45, 7) is 3.04. The summed E-state index contributed by atoms with van der Waals surface area (Å²) in [5.41, 5.74) is 8.40. The van der Waals surface area contributed by atoms with E-state index in [0.717, 1.165) is 57.0 Å². The number of H-pyrrole nitrogens is 1. The Balaban J connectivity index is 1.31. The molecule has 164 valence electrons. The molecule has 0 spiro atoms. The minimum Gasteiger partial charge on any atom is -0.391 e. The van der Waals surface area contributed by atoms with Crippen molar-refractivity contribution in [1.29, 1.82) is 0 Å². The molecule has 6 nitrogen and oxygen atoms in total. The lowest BCUT2D eigenvalue weighted by Crippen LogP contribution is -2.31. The molecule has 0 bridgehead atoms. The molecule has 1 aliphatic heterocycles. The maximum Gasteiger partial charge on any atom is 0.253 e. The van der Waals surface area contributed by atoms with Gasteiger partial charge in [0, 0.05) is 41.7 Å². The van der Waals surface area contributed by atoms with Crippen molar-refractivity contribution in [1.82, 2.24) is 15.3 Å². The van der Waals surface area contributed by atoms with E-state index >= 15 is 0 Å². The lowest BCUT2D eigenvalue weighted by atomic mass is 10.0. The van der Waals surface area contributed by atoms with E-state index in [-0.39, 0.29) is 5.91 Å². The van der Waals surface area contributed by atoms with E-state index in [1.54, 1.807) is 6.20 Å². The Hall–Kier alpha value is -4.19. The van der Waals surface area contributed by atoms with E-state index in [1.165, 1.54) is 0 Å². The van der Waals surface area contributed by atoms with Crippen LogP contribution < -0.4 is 5.32 Å². The number of benzene rings is 2. The molecule has 33 heavy (non-hydrogen) atoms. The second-order valence-electron chi connectivity index (χ2n) is 8.02. The van der Waals surface area contributed by atoms with Gasteiger partial charge in [-0.2, -0.15) is 0 Å². The number of aromatic nitrogens is 2. The molecule has 0 atom stereocenters. The molecule has 0 fully saturated rings. The second kappa shape index (κ2) is 9.12. The maximum atomic E-state index is 12.1. The summed E-state index contributed by atoms with van der Waals surface area (Å²) in [6.07, 6.45) is 2.61. The van der Waals surface area contributed by atoms with Crippen LogP contribution in [0.1, 0.15) is 34.1 Å². The normalized spacial score (nSPS) is 13.4. The molecular weight excluding hydrogens is 412 g/mol. The van der Waals surface area contributed by atoms with Crippen LogP contribution in [0.4, 0.5) is 0 Å². The molecule has 0 saturated heterocycles. The van der Waals surface area contributed by atoms with Crippen molar-refractivity contribution in [3.63, 3.8) is 0 Å². The third kappa shape index (κ3) is 4.55. The largest absolute Gasteiger partial charge is 0.391 e. The summed E-state index contributed by atoms with van der Waals surface area (Å²) >= 11 is 0. The van der Waals surface area contributed by atoms with Gasteiger partial charge in [-0.05, 0) is 36.2 Å². The average molecular weight is 437 g/mol. The number of amides is 1. The van der Waals surface area contributed by atoms with Crippen molar-refractivity contribution in [3.8, 4) is 22.5 Å². The van der Waals surface area contributed by atoms with Crippen LogP contribution in [-0.2, 0) is 17.9 Å².